The molecule has 0 radical (unpaired) electrons. The summed E-state index contributed by atoms with van der Waals surface area (Å²) in [6.45, 7) is 5.93. The number of pyridine rings is 1. The normalized spacial score (nSPS) is 14.1. The number of benzene rings is 1. The number of aromatic carboxylic acids is 1. The van der Waals surface area contributed by atoms with Crippen molar-refractivity contribution in [1.29, 1.82) is 0 Å². The van der Waals surface area contributed by atoms with Crippen LogP contribution in [0.2, 0.25) is 0 Å². The molecule has 0 spiro atoms. The quantitative estimate of drug-likeness (QED) is 0.435. The molecule has 158 valence electrons. The Morgan fingerprint density at radius 1 is 1.13 bits per heavy atom. The van der Waals surface area contributed by atoms with Crippen LogP contribution in [0.15, 0.2) is 40.4 Å². The first-order valence-corrected chi connectivity index (χ1v) is 11.3. The molecule has 0 saturated carbocycles. The Hall–Kier alpha value is -3.13. The summed E-state index contributed by atoms with van der Waals surface area (Å²) in [5, 5.41) is 12.0. The largest absolute Gasteiger partial charge is 0.478 e. The number of rotatable bonds is 5. The molecule has 1 fully saturated rings. The van der Waals surface area contributed by atoms with Crippen molar-refractivity contribution in [3.63, 3.8) is 0 Å². The number of nitrogens with zero attached hydrogens (tertiary/aromatic N) is 4. The van der Waals surface area contributed by atoms with E-state index in [-0.39, 0.29) is 5.56 Å². The summed E-state index contributed by atoms with van der Waals surface area (Å²) in [4.78, 5) is 32.5. The predicted molar refractivity (Wildman–Crippen MR) is 122 cm³/mol. The Morgan fingerprint density at radius 3 is 2.68 bits per heavy atom. The Balaban J connectivity index is 1.58. The van der Waals surface area contributed by atoms with Gasteiger partial charge in [0.25, 0.3) is 0 Å². The summed E-state index contributed by atoms with van der Waals surface area (Å²) in [5.41, 5.74) is 3.61. The standard InChI is InChI=1S/C23H23N5O2S/c1-3-14-11-18-20(25-14)26-23(27-21(18)28-8-4-5-9-28)31-15-6-7-19-16(12-15)17(22(29)30)10-13(2)24-19/h6-7,10-12H,3-5,8-9H2,1-2H3,(H,29,30)(H,25,26,27). The van der Waals surface area contributed by atoms with Gasteiger partial charge in [0.2, 0.25) is 0 Å². The molecule has 4 heterocycles. The van der Waals surface area contributed by atoms with Crippen LogP contribution in [0.1, 0.15) is 41.5 Å². The first kappa shape index (κ1) is 19.8. The number of hydrogen-bond acceptors (Lipinski definition) is 6. The molecule has 3 aromatic heterocycles. The zero-order chi connectivity index (χ0) is 21.5. The lowest BCUT2D eigenvalue weighted by molar-refractivity contribution is 0.0699. The third-order valence-electron chi connectivity index (χ3n) is 5.64. The SMILES string of the molecule is CCc1cc2c(N3CCCC3)nc(Sc3ccc4nc(C)cc(C(=O)O)c4c3)nc2[nH]1. The first-order valence-electron chi connectivity index (χ1n) is 10.5. The average molecular weight is 434 g/mol. The number of carboxylic acid groups (broad SMARTS) is 1. The molecule has 2 N–H and O–H groups in total. The number of aromatic nitrogens is 4. The molecule has 0 aliphatic carbocycles. The monoisotopic (exact) mass is 433 g/mol. The van der Waals surface area contributed by atoms with Crippen LogP contribution in [0.3, 0.4) is 0 Å². The molecule has 0 amide bonds. The van der Waals surface area contributed by atoms with Crippen LogP contribution < -0.4 is 4.90 Å². The van der Waals surface area contributed by atoms with Gasteiger partial charge in [-0.25, -0.2) is 14.8 Å². The van der Waals surface area contributed by atoms with Gasteiger partial charge in [0, 0.05) is 34.8 Å². The van der Waals surface area contributed by atoms with E-state index in [2.05, 4.69) is 27.9 Å². The number of nitrogens with one attached hydrogen (secondary N) is 1. The maximum Gasteiger partial charge on any atom is 0.336 e. The zero-order valence-electron chi connectivity index (χ0n) is 17.5. The van der Waals surface area contributed by atoms with Crippen LogP contribution >= 0.6 is 11.8 Å². The second kappa shape index (κ2) is 7.85. The fourth-order valence-corrected chi connectivity index (χ4v) is 4.91. The smallest absolute Gasteiger partial charge is 0.336 e. The predicted octanol–water partition coefficient (Wildman–Crippen LogP) is 4.83. The van der Waals surface area contributed by atoms with E-state index < -0.39 is 5.97 Å². The van der Waals surface area contributed by atoms with Crippen molar-refractivity contribution in [3.8, 4) is 0 Å². The molecular weight excluding hydrogens is 410 g/mol. The third kappa shape index (κ3) is 3.72. The van der Waals surface area contributed by atoms with Crippen LogP contribution in [0.25, 0.3) is 21.9 Å². The number of aromatic amines is 1. The lowest BCUT2D eigenvalue weighted by Gasteiger charge is -2.17. The second-order valence-corrected chi connectivity index (χ2v) is 8.87. The molecular formula is C23H23N5O2S. The molecule has 31 heavy (non-hydrogen) atoms. The van der Waals surface area contributed by atoms with Crippen molar-refractivity contribution in [2.45, 2.75) is 43.2 Å². The number of fused-ring (bicyclic) bond motifs is 2. The minimum atomic E-state index is -0.954. The molecule has 0 unspecified atom stereocenters. The molecule has 7 nitrogen and oxygen atoms in total. The van der Waals surface area contributed by atoms with Gasteiger partial charge in [0.05, 0.1) is 16.5 Å². The number of anilines is 1. The molecule has 8 heteroatoms. The lowest BCUT2D eigenvalue weighted by atomic mass is 10.1. The van der Waals surface area contributed by atoms with Gasteiger partial charge in [-0.1, -0.05) is 6.92 Å². The van der Waals surface area contributed by atoms with E-state index in [4.69, 9.17) is 9.97 Å². The molecule has 1 aliphatic heterocycles. The van der Waals surface area contributed by atoms with Crippen LogP contribution in [0.5, 0.6) is 0 Å². The third-order valence-corrected chi connectivity index (χ3v) is 6.49. The van der Waals surface area contributed by atoms with E-state index >= 15 is 0 Å². The molecule has 4 aromatic rings. The highest BCUT2D eigenvalue weighted by Crippen LogP contribution is 2.34. The summed E-state index contributed by atoms with van der Waals surface area (Å²) < 4.78 is 0. The molecule has 0 atom stereocenters. The van der Waals surface area contributed by atoms with Crippen molar-refractivity contribution in [1.82, 2.24) is 19.9 Å². The number of hydrogen-bond donors (Lipinski definition) is 2. The Labute approximate surface area is 183 Å². The highest BCUT2D eigenvalue weighted by atomic mass is 32.2. The topological polar surface area (TPSA) is 95.0 Å². The van der Waals surface area contributed by atoms with Gasteiger partial charge in [-0.3, -0.25) is 4.98 Å². The van der Waals surface area contributed by atoms with E-state index in [1.54, 1.807) is 13.0 Å². The molecule has 5 rings (SSSR count). The van der Waals surface area contributed by atoms with E-state index in [1.807, 2.05) is 18.2 Å². The van der Waals surface area contributed by atoms with Gasteiger partial charge in [-0.05, 0) is 68.3 Å². The molecule has 0 bridgehead atoms. The maximum atomic E-state index is 11.7. The summed E-state index contributed by atoms with van der Waals surface area (Å²) >= 11 is 1.44. The number of carboxylic acids is 1. The highest BCUT2D eigenvalue weighted by molar-refractivity contribution is 7.99. The van der Waals surface area contributed by atoms with E-state index in [9.17, 15) is 9.90 Å². The Morgan fingerprint density at radius 2 is 1.94 bits per heavy atom. The highest BCUT2D eigenvalue weighted by Gasteiger charge is 2.20. The molecule has 1 aromatic carbocycles. The summed E-state index contributed by atoms with van der Waals surface area (Å²) in [7, 11) is 0. The zero-order valence-corrected chi connectivity index (χ0v) is 18.3. The van der Waals surface area contributed by atoms with Gasteiger partial charge in [-0.2, -0.15) is 0 Å². The average Bonchev–Trinajstić information content (AvgIpc) is 3.42. The second-order valence-electron chi connectivity index (χ2n) is 7.83. The number of aryl methyl sites for hydroxylation is 2. The fourth-order valence-electron chi connectivity index (χ4n) is 4.12. The van der Waals surface area contributed by atoms with Gasteiger partial charge in [0.15, 0.2) is 5.16 Å². The molecule has 1 aliphatic rings. The van der Waals surface area contributed by atoms with Gasteiger partial charge >= 0.3 is 5.97 Å². The van der Waals surface area contributed by atoms with Crippen LogP contribution in [-0.2, 0) is 6.42 Å². The minimum Gasteiger partial charge on any atom is -0.478 e. The summed E-state index contributed by atoms with van der Waals surface area (Å²) in [6, 6.07) is 9.44. The van der Waals surface area contributed by atoms with Crippen LogP contribution in [0, 0.1) is 6.92 Å². The van der Waals surface area contributed by atoms with E-state index in [0.29, 0.717) is 21.8 Å². The van der Waals surface area contributed by atoms with E-state index in [1.165, 1.54) is 24.6 Å². The van der Waals surface area contributed by atoms with Crippen molar-refractivity contribution in [3.05, 3.63) is 47.3 Å². The number of carbonyl (C=O) groups is 1. The minimum absolute atomic E-state index is 0.260. The van der Waals surface area contributed by atoms with Crippen LogP contribution in [-0.4, -0.2) is 44.1 Å². The van der Waals surface area contributed by atoms with Crippen molar-refractivity contribution >= 4 is 45.5 Å². The Kier molecular flexibility index (Phi) is 5.02. The van der Waals surface area contributed by atoms with Crippen molar-refractivity contribution < 1.29 is 9.90 Å². The maximum absolute atomic E-state index is 11.7. The summed E-state index contributed by atoms with van der Waals surface area (Å²) in [6.07, 6.45) is 3.26. The van der Waals surface area contributed by atoms with Crippen LogP contribution in [0.4, 0.5) is 5.82 Å². The fraction of sp³-hybridized carbons (Fsp3) is 0.304. The van der Waals surface area contributed by atoms with Gasteiger partial charge in [-0.15, -0.1) is 0 Å². The number of H-pyrrole nitrogens is 1. The summed E-state index contributed by atoms with van der Waals surface area (Å²) in [5.74, 6) is 0.0235. The van der Waals surface area contributed by atoms with Crippen molar-refractivity contribution in [2.24, 2.45) is 0 Å². The molecule has 1 saturated heterocycles. The Bertz CT molecular complexity index is 1310. The van der Waals surface area contributed by atoms with E-state index in [0.717, 1.165) is 47.0 Å². The van der Waals surface area contributed by atoms with Crippen molar-refractivity contribution in [2.75, 3.05) is 18.0 Å². The van der Waals surface area contributed by atoms with Gasteiger partial charge < -0.3 is 15.0 Å². The van der Waals surface area contributed by atoms with Gasteiger partial charge in [0.1, 0.15) is 11.5 Å². The first-order chi connectivity index (χ1) is 15.0. The lowest BCUT2D eigenvalue weighted by Crippen LogP contribution is -2.19.